The van der Waals surface area contributed by atoms with E-state index in [1.54, 1.807) is 6.07 Å². The molecule has 2 aromatic rings. The van der Waals surface area contributed by atoms with E-state index in [-0.39, 0.29) is 43.2 Å². The fourth-order valence-corrected chi connectivity index (χ4v) is 3.59. The van der Waals surface area contributed by atoms with Gasteiger partial charge in [0.15, 0.2) is 0 Å². The highest BCUT2D eigenvalue weighted by Crippen LogP contribution is 2.35. The molecule has 0 radical (unpaired) electrons. The van der Waals surface area contributed by atoms with Crippen LogP contribution in [0.25, 0.3) is 10.8 Å². The molecule has 0 saturated carbocycles. The van der Waals surface area contributed by atoms with Gasteiger partial charge < -0.3 is 14.6 Å². The molecule has 4 nitrogen and oxygen atoms in total. The lowest BCUT2D eigenvalue weighted by atomic mass is 9.77. The highest BCUT2D eigenvalue weighted by Gasteiger charge is 2.39. The molecule has 1 aliphatic heterocycles. The SMILES string of the molecule is C[C@@H]1[C@@H](C)[C@H](COC(=O)c2ccc3ccccc3c2)O[C@H](CO)[C@H]1C. The van der Waals surface area contributed by atoms with Crippen LogP contribution in [0.3, 0.4) is 0 Å². The van der Waals surface area contributed by atoms with Crippen LogP contribution in [0.2, 0.25) is 0 Å². The third-order valence-electron chi connectivity index (χ3n) is 5.72. The third-order valence-corrected chi connectivity index (χ3v) is 5.72. The van der Waals surface area contributed by atoms with E-state index in [1.165, 1.54) is 0 Å². The zero-order chi connectivity index (χ0) is 18.0. The maximum Gasteiger partial charge on any atom is 0.338 e. The van der Waals surface area contributed by atoms with E-state index >= 15 is 0 Å². The van der Waals surface area contributed by atoms with E-state index in [2.05, 4.69) is 20.8 Å². The highest BCUT2D eigenvalue weighted by molar-refractivity contribution is 5.95. The second kappa shape index (κ2) is 7.54. The molecule has 1 N–H and O–H groups in total. The second-order valence-electron chi connectivity index (χ2n) is 7.13. The van der Waals surface area contributed by atoms with Crippen molar-refractivity contribution in [3.63, 3.8) is 0 Å². The number of rotatable bonds is 4. The molecular formula is C21H26O4. The summed E-state index contributed by atoms with van der Waals surface area (Å²) >= 11 is 0. The monoisotopic (exact) mass is 342 g/mol. The molecule has 0 aromatic heterocycles. The van der Waals surface area contributed by atoms with Crippen molar-refractivity contribution >= 4 is 16.7 Å². The number of aliphatic hydroxyl groups excluding tert-OH is 1. The first kappa shape index (κ1) is 17.9. The summed E-state index contributed by atoms with van der Waals surface area (Å²) in [5.74, 6) is 0.610. The standard InChI is InChI=1S/C21H26O4/c1-13-14(2)19(11-22)25-20(15(13)3)12-24-21(23)18-9-8-16-6-4-5-7-17(16)10-18/h4-10,13-15,19-20,22H,11-12H2,1-3H3/t13-,14-,15+,19+,20-/m0/s1. The summed E-state index contributed by atoms with van der Waals surface area (Å²) in [6, 6.07) is 13.5. The summed E-state index contributed by atoms with van der Waals surface area (Å²) < 4.78 is 11.5. The van der Waals surface area contributed by atoms with Gasteiger partial charge in [-0.2, -0.15) is 0 Å². The zero-order valence-corrected chi connectivity index (χ0v) is 15.0. The van der Waals surface area contributed by atoms with Gasteiger partial charge in [0, 0.05) is 0 Å². The molecule has 0 bridgehead atoms. The zero-order valence-electron chi connectivity index (χ0n) is 15.0. The molecule has 1 fully saturated rings. The molecular weight excluding hydrogens is 316 g/mol. The lowest BCUT2D eigenvalue weighted by Crippen LogP contribution is -2.48. The normalized spacial score (nSPS) is 29.5. The highest BCUT2D eigenvalue weighted by atomic mass is 16.6. The number of carbonyl (C=O) groups is 1. The third kappa shape index (κ3) is 3.70. The summed E-state index contributed by atoms with van der Waals surface area (Å²) in [6.45, 7) is 6.58. The van der Waals surface area contributed by atoms with Crippen LogP contribution in [-0.2, 0) is 9.47 Å². The first-order valence-corrected chi connectivity index (χ1v) is 8.93. The van der Waals surface area contributed by atoms with Crippen LogP contribution in [0.1, 0.15) is 31.1 Å². The van der Waals surface area contributed by atoms with Crippen molar-refractivity contribution in [2.75, 3.05) is 13.2 Å². The second-order valence-corrected chi connectivity index (χ2v) is 7.13. The summed E-state index contributed by atoms with van der Waals surface area (Å²) in [6.07, 6.45) is -0.386. The first-order chi connectivity index (χ1) is 12.0. The summed E-state index contributed by atoms with van der Waals surface area (Å²) in [5.41, 5.74) is 0.544. The van der Waals surface area contributed by atoms with Crippen molar-refractivity contribution in [3.8, 4) is 0 Å². The van der Waals surface area contributed by atoms with Gasteiger partial charge in [-0.05, 0) is 40.7 Å². The largest absolute Gasteiger partial charge is 0.459 e. The van der Waals surface area contributed by atoms with Crippen LogP contribution in [0.4, 0.5) is 0 Å². The van der Waals surface area contributed by atoms with Crippen molar-refractivity contribution in [1.82, 2.24) is 0 Å². The summed E-state index contributed by atoms with van der Waals surface area (Å²) in [4.78, 5) is 12.4. The molecule has 0 unspecified atom stereocenters. The molecule has 25 heavy (non-hydrogen) atoms. The van der Waals surface area contributed by atoms with Crippen molar-refractivity contribution in [1.29, 1.82) is 0 Å². The maximum absolute atomic E-state index is 12.4. The van der Waals surface area contributed by atoms with Crippen LogP contribution < -0.4 is 0 Å². The van der Waals surface area contributed by atoms with Gasteiger partial charge >= 0.3 is 5.97 Å². The topological polar surface area (TPSA) is 55.8 Å². The molecule has 3 rings (SSSR count). The molecule has 0 aliphatic carbocycles. The number of aliphatic hydroxyl groups is 1. The Kier molecular flexibility index (Phi) is 5.40. The minimum atomic E-state index is -0.339. The average molecular weight is 342 g/mol. The van der Waals surface area contributed by atoms with Crippen molar-refractivity contribution in [2.24, 2.45) is 17.8 Å². The van der Waals surface area contributed by atoms with E-state index in [0.29, 0.717) is 11.5 Å². The van der Waals surface area contributed by atoms with E-state index in [4.69, 9.17) is 9.47 Å². The predicted molar refractivity (Wildman–Crippen MR) is 97.5 cm³/mol. The molecule has 0 spiro atoms. The van der Waals surface area contributed by atoms with E-state index in [9.17, 15) is 9.90 Å². The van der Waals surface area contributed by atoms with Gasteiger partial charge in [0.05, 0.1) is 24.4 Å². The number of carbonyl (C=O) groups excluding carboxylic acids is 1. The quantitative estimate of drug-likeness (QED) is 0.862. The van der Waals surface area contributed by atoms with Crippen LogP contribution >= 0.6 is 0 Å². The van der Waals surface area contributed by atoms with Crippen LogP contribution in [-0.4, -0.2) is 36.5 Å². The minimum absolute atomic E-state index is 0.00660. The Balaban J connectivity index is 1.66. The van der Waals surface area contributed by atoms with E-state index < -0.39 is 0 Å². The van der Waals surface area contributed by atoms with Crippen molar-refractivity contribution in [2.45, 2.75) is 33.0 Å². The van der Waals surface area contributed by atoms with Gasteiger partial charge in [-0.25, -0.2) is 4.79 Å². The lowest BCUT2D eigenvalue weighted by Gasteiger charge is -2.42. The molecule has 5 atom stereocenters. The molecule has 0 amide bonds. The first-order valence-electron chi connectivity index (χ1n) is 8.93. The van der Waals surface area contributed by atoms with Gasteiger partial charge in [-0.1, -0.05) is 51.1 Å². The molecule has 134 valence electrons. The fourth-order valence-electron chi connectivity index (χ4n) is 3.59. The van der Waals surface area contributed by atoms with Crippen molar-refractivity contribution in [3.05, 3.63) is 48.0 Å². The van der Waals surface area contributed by atoms with Gasteiger partial charge in [-0.3, -0.25) is 0 Å². The van der Waals surface area contributed by atoms with E-state index in [0.717, 1.165) is 10.8 Å². The summed E-state index contributed by atoms with van der Waals surface area (Å²) in [7, 11) is 0. The van der Waals surface area contributed by atoms with Gasteiger partial charge in [0.25, 0.3) is 0 Å². The number of fused-ring (bicyclic) bond motifs is 1. The Morgan fingerprint density at radius 2 is 1.68 bits per heavy atom. The van der Waals surface area contributed by atoms with Crippen molar-refractivity contribution < 1.29 is 19.4 Å². The van der Waals surface area contributed by atoms with Crippen LogP contribution in [0.15, 0.2) is 42.5 Å². The smallest absolute Gasteiger partial charge is 0.338 e. The molecule has 4 heteroatoms. The molecule has 1 aliphatic rings. The average Bonchev–Trinajstić information content (AvgIpc) is 2.65. The lowest BCUT2D eigenvalue weighted by molar-refractivity contribution is -0.160. The molecule has 2 aromatic carbocycles. The van der Waals surface area contributed by atoms with Crippen LogP contribution in [0, 0.1) is 17.8 Å². The Hall–Kier alpha value is -1.91. The Bertz CT molecular complexity index is 740. The van der Waals surface area contributed by atoms with Crippen LogP contribution in [0.5, 0.6) is 0 Å². The Labute approximate surface area is 148 Å². The number of benzene rings is 2. The molecule has 1 heterocycles. The fraction of sp³-hybridized carbons (Fsp3) is 0.476. The maximum atomic E-state index is 12.4. The van der Waals surface area contributed by atoms with Gasteiger partial charge in [-0.15, -0.1) is 0 Å². The van der Waals surface area contributed by atoms with Gasteiger partial charge in [0.2, 0.25) is 0 Å². The van der Waals surface area contributed by atoms with E-state index in [1.807, 2.05) is 36.4 Å². The molecule has 1 saturated heterocycles. The van der Waals surface area contributed by atoms with Gasteiger partial charge in [0.1, 0.15) is 6.61 Å². The summed E-state index contributed by atoms with van der Waals surface area (Å²) in [5, 5.41) is 11.6. The number of hydrogen-bond acceptors (Lipinski definition) is 4. The number of hydrogen-bond donors (Lipinski definition) is 1. The Morgan fingerprint density at radius 3 is 2.40 bits per heavy atom. The minimum Gasteiger partial charge on any atom is -0.459 e. The Morgan fingerprint density at radius 1 is 1.00 bits per heavy atom. The number of esters is 1. The predicted octanol–water partition coefficient (Wildman–Crippen LogP) is 3.66. The number of ether oxygens (including phenoxy) is 2.